The van der Waals surface area contributed by atoms with E-state index in [0.717, 1.165) is 55.3 Å². The van der Waals surface area contributed by atoms with Gasteiger partial charge in [-0.25, -0.2) is 4.98 Å². The van der Waals surface area contributed by atoms with Crippen LogP contribution in [0, 0.1) is 0 Å². The standard InChI is InChI=1S/C37H22N2OS/c1-2-11-25(12-3-1)39(30-16-8-18-32-34(30)27-13-4-5-17-31(27)40-32)26-21-19-24(20-22-26)37-38-35-28-14-6-9-23-10-7-15-29(33(23)28)36(35)41-37/h1-22H. The molecule has 1 aliphatic carbocycles. The van der Waals surface area contributed by atoms with E-state index in [1.54, 1.807) is 11.3 Å². The molecular formula is C37H22N2OS. The monoisotopic (exact) mass is 542 g/mol. The number of thiazole rings is 1. The predicted molar refractivity (Wildman–Crippen MR) is 171 cm³/mol. The summed E-state index contributed by atoms with van der Waals surface area (Å²) in [5, 5.41) is 5.87. The molecule has 0 radical (unpaired) electrons. The van der Waals surface area contributed by atoms with E-state index >= 15 is 0 Å². The van der Waals surface area contributed by atoms with Crippen molar-refractivity contribution in [3.05, 3.63) is 133 Å². The molecule has 0 saturated heterocycles. The third-order valence-electron chi connectivity index (χ3n) is 8.04. The van der Waals surface area contributed by atoms with Crippen molar-refractivity contribution < 1.29 is 4.42 Å². The van der Waals surface area contributed by atoms with Gasteiger partial charge in [-0.05, 0) is 65.4 Å². The Labute approximate surface area is 240 Å². The third kappa shape index (κ3) is 3.35. The van der Waals surface area contributed by atoms with Crippen LogP contribution >= 0.6 is 11.3 Å². The molecule has 0 aliphatic heterocycles. The van der Waals surface area contributed by atoms with Crippen molar-refractivity contribution in [2.24, 2.45) is 0 Å². The van der Waals surface area contributed by atoms with Crippen LogP contribution in [-0.2, 0) is 0 Å². The number of hydrogen-bond acceptors (Lipinski definition) is 4. The molecule has 0 saturated carbocycles. The van der Waals surface area contributed by atoms with Gasteiger partial charge in [0.25, 0.3) is 0 Å². The van der Waals surface area contributed by atoms with Gasteiger partial charge in [0.15, 0.2) is 0 Å². The lowest BCUT2D eigenvalue weighted by Crippen LogP contribution is -2.10. The smallest absolute Gasteiger partial charge is 0.137 e. The van der Waals surface area contributed by atoms with Crippen molar-refractivity contribution in [3.63, 3.8) is 0 Å². The van der Waals surface area contributed by atoms with Crippen LogP contribution in [0.4, 0.5) is 17.1 Å². The Morgan fingerprint density at radius 1 is 0.561 bits per heavy atom. The van der Waals surface area contributed by atoms with Crippen molar-refractivity contribution in [2.45, 2.75) is 0 Å². The van der Waals surface area contributed by atoms with Crippen molar-refractivity contribution in [3.8, 4) is 32.3 Å². The summed E-state index contributed by atoms with van der Waals surface area (Å²) in [6.07, 6.45) is 0. The second-order valence-electron chi connectivity index (χ2n) is 10.4. The highest BCUT2D eigenvalue weighted by molar-refractivity contribution is 7.19. The van der Waals surface area contributed by atoms with Crippen LogP contribution in [0.5, 0.6) is 0 Å². The first-order valence-electron chi connectivity index (χ1n) is 13.7. The molecule has 0 spiro atoms. The van der Waals surface area contributed by atoms with Crippen LogP contribution in [0.25, 0.3) is 65.0 Å². The van der Waals surface area contributed by atoms with Gasteiger partial charge in [0.1, 0.15) is 16.2 Å². The molecule has 192 valence electrons. The maximum atomic E-state index is 6.23. The molecule has 41 heavy (non-hydrogen) atoms. The zero-order valence-electron chi connectivity index (χ0n) is 21.9. The van der Waals surface area contributed by atoms with E-state index in [1.807, 2.05) is 18.2 Å². The zero-order valence-corrected chi connectivity index (χ0v) is 22.7. The van der Waals surface area contributed by atoms with Crippen LogP contribution in [0.3, 0.4) is 0 Å². The summed E-state index contributed by atoms with van der Waals surface area (Å²) in [5.74, 6) is 0. The molecule has 1 aliphatic rings. The number of furan rings is 1. The quantitative estimate of drug-likeness (QED) is 0.221. The lowest BCUT2D eigenvalue weighted by atomic mass is 10.0. The second kappa shape index (κ2) is 8.65. The average Bonchev–Trinajstić information content (AvgIpc) is 3.71. The van der Waals surface area contributed by atoms with Crippen LogP contribution in [-0.4, -0.2) is 4.98 Å². The molecule has 9 rings (SSSR count). The molecule has 4 heteroatoms. The van der Waals surface area contributed by atoms with E-state index in [0.29, 0.717) is 0 Å². The molecule has 0 bridgehead atoms. The zero-order chi connectivity index (χ0) is 26.9. The fourth-order valence-electron chi connectivity index (χ4n) is 6.24. The first-order chi connectivity index (χ1) is 20.3. The largest absolute Gasteiger partial charge is 0.456 e. The molecule has 2 aromatic heterocycles. The van der Waals surface area contributed by atoms with Gasteiger partial charge in [-0.15, -0.1) is 11.3 Å². The molecular weight excluding hydrogens is 520 g/mol. The molecule has 6 aromatic carbocycles. The fourth-order valence-corrected chi connectivity index (χ4v) is 7.35. The number of fused-ring (bicyclic) bond motifs is 6. The second-order valence-corrected chi connectivity index (χ2v) is 11.4. The van der Waals surface area contributed by atoms with Crippen molar-refractivity contribution >= 4 is 61.1 Å². The summed E-state index contributed by atoms with van der Waals surface area (Å²) >= 11 is 1.78. The van der Waals surface area contributed by atoms with E-state index < -0.39 is 0 Å². The van der Waals surface area contributed by atoms with Gasteiger partial charge in [-0.1, -0.05) is 78.9 Å². The van der Waals surface area contributed by atoms with Crippen LogP contribution in [0.1, 0.15) is 0 Å². The summed E-state index contributed by atoms with van der Waals surface area (Å²) < 4.78 is 6.23. The SMILES string of the molecule is c1ccc(N(c2ccc(-c3nc4c(s3)-c3cccc5cccc-4c35)cc2)c2cccc3oc4ccccc4c23)cc1. The van der Waals surface area contributed by atoms with Crippen molar-refractivity contribution in [1.82, 2.24) is 4.98 Å². The highest BCUT2D eigenvalue weighted by Gasteiger charge is 2.26. The molecule has 0 amide bonds. The molecule has 0 atom stereocenters. The van der Waals surface area contributed by atoms with E-state index in [4.69, 9.17) is 9.40 Å². The normalized spacial score (nSPS) is 11.9. The van der Waals surface area contributed by atoms with Crippen molar-refractivity contribution in [2.75, 3.05) is 4.90 Å². The Morgan fingerprint density at radius 2 is 1.27 bits per heavy atom. The lowest BCUT2D eigenvalue weighted by Gasteiger charge is -2.26. The Hall–Kier alpha value is -5.19. The van der Waals surface area contributed by atoms with Gasteiger partial charge >= 0.3 is 0 Å². The maximum Gasteiger partial charge on any atom is 0.137 e. The Kier molecular flexibility index (Phi) is 4.77. The Balaban J connectivity index is 1.17. The minimum Gasteiger partial charge on any atom is -0.456 e. The molecule has 3 nitrogen and oxygen atoms in total. The summed E-state index contributed by atoms with van der Waals surface area (Å²) in [4.78, 5) is 8.73. The van der Waals surface area contributed by atoms with E-state index in [-0.39, 0.29) is 0 Å². The van der Waals surface area contributed by atoms with E-state index in [1.165, 1.54) is 26.8 Å². The Bertz CT molecular complexity index is 2210. The van der Waals surface area contributed by atoms with Gasteiger partial charge in [0.2, 0.25) is 0 Å². The minimum atomic E-state index is 0.883. The lowest BCUT2D eigenvalue weighted by molar-refractivity contribution is 0.669. The van der Waals surface area contributed by atoms with Gasteiger partial charge < -0.3 is 9.32 Å². The topological polar surface area (TPSA) is 29.3 Å². The molecule has 2 heterocycles. The molecule has 0 N–H and O–H groups in total. The summed E-state index contributed by atoms with van der Waals surface area (Å²) in [7, 11) is 0. The molecule has 0 unspecified atom stereocenters. The van der Waals surface area contributed by atoms with E-state index in [2.05, 4.69) is 120 Å². The first-order valence-corrected chi connectivity index (χ1v) is 14.5. The number of nitrogens with zero attached hydrogens (tertiary/aromatic N) is 2. The number of rotatable bonds is 4. The number of hydrogen-bond donors (Lipinski definition) is 0. The van der Waals surface area contributed by atoms with Crippen LogP contribution < -0.4 is 4.90 Å². The highest BCUT2D eigenvalue weighted by atomic mass is 32.1. The molecule has 8 aromatic rings. The summed E-state index contributed by atoms with van der Waals surface area (Å²) in [5.41, 5.74) is 9.80. The highest BCUT2D eigenvalue weighted by Crippen LogP contribution is 2.51. The summed E-state index contributed by atoms with van der Waals surface area (Å²) in [6, 6.07) is 46.9. The van der Waals surface area contributed by atoms with Gasteiger partial charge in [0.05, 0.1) is 21.6 Å². The Morgan fingerprint density at radius 3 is 2.12 bits per heavy atom. The molecule has 0 fully saturated rings. The van der Waals surface area contributed by atoms with Crippen LogP contribution in [0.15, 0.2) is 138 Å². The number of para-hydroxylation sites is 2. The van der Waals surface area contributed by atoms with E-state index in [9.17, 15) is 0 Å². The average molecular weight is 543 g/mol. The number of anilines is 3. The number of aromatic nitrogens is 1. The van der Waals surface area contributed by atoms with Gasteiger partial charge in [-0.3, -0.25) is 0 Å². The van der Waals surface area contributed by atoms with Crippen molar-refractivity contribution in [1.29, 1.82) is 0 Å². The number of benzene rings is 6. The maximum absolute atomic E-state index is 6.23. The fraction of sp³-hybridized carbons (Fsp3) is 0. The third-order valence-corrected chi connectivity index (χ3v) is 9.18. The first kappa shape index (κ1) is 22.6. The predicted octanol–water partition coefficient (Wildman–Crippen LogP) is 11.0. The van der Waals surface area contributed by atoms with Gasteiger partial charge in [-0.2, -0.15) is 0 Å². The van der Waals surface area contributed by atoms with Crippen LogP contribution in [0.2, 0.25) is 0 Å². The summed E-state index contributed by atoms with van der Waals surface area (Å²) in [6.45, 7) is 0. The van der Waals surface area contributed by atoms with Gasteiger partial charge in [0, 0.05) is 33.5 Å². The minimum absolute atomic E-state index is 0.883.